The number of anilines is 1. The minimum atomic E-state index is 0.0327. The van der Waals surface area contributed by atoms with Crippen molar-refractivity contribution in [1.29, 1.82) is 0 Å². The molecule has 1 N–H and O–H groups in total. The lowest BCUT2D eigenvalue weighted by atomic mass is 10.2. The molecule has 0 radical (unpaired) electrons. The number of nitrogens with one attached hydrogen (secondary N) is 1. The van der Waals surface area contributed by atoms with Crippen molar-refractivity contribution in [2.24, 2.45) is 0 Å². The van der Waals surface area contributed by atoms with Gasteiger partial charge in [0.1, 0.15) is 0 Å². The molecule has 10 heteroatoms. The molecule has 0 bridgehead atoms. The number of rotatable bonds is 4. The van der Waals surface area contributed by atoms with Gasteiger partial charge in [0.2, 0.25) is 5.91 Å². The predicted octanol–water partition coefficient (Wildman–Crippen LogP) is 2.44. The van der Waals surface area contributed by atoms with Crippen LogP contribution in [0.25, 0.3) is 32.5 Å². The number of nitrogens with zero attached hydrogens (tertiary/aromatic N) is 6. The molecule has 1 aliphatic heterocycles. The third kappa shape index (κ3) is 3.37. The van der Waals surface area contributed by atoms with E-state index in [-0.39, 0.29) is 5.91 Å². The topological polar surface area (TPSA) is 100 Å². The smallest absolute Gasteiger partial charge is 0.219 e. The zero-order chi connectivity index (χ0) is 20.7. The summed E-state index contributed by atoms with van der Waals surface area (Å²) in [6, 6.07) is 2.05. The lowest BCUT2D eigenvalue weighted by Gasteiger charge is -2.28. The highest BCUT2D eigenvalue weighted by Crippen LogP contribution is 2.36. The maximum atomic E-state index is 11.7. The third-order valence-corrected chi connectivity index (χ3v) is 6.36. The number of pyridine rings is 1. The highest BCUT2D eigenvalue weighted by atomic mass is 32.1. The maximum Gasteiger partial charge on any atom is 0.219 e. The molecule has 5 heterocycles. The van der Waals surface area contributed by atoms with Crippen LogP contribution in [0.5, 0.6) is 0 Å². The van der Waals surface area contributed by atoms with Crippen molar-refractivity contribution < 1.29 is 9.53 Å². The van der Waals surface area contributed by atoms with Crippen LogP contribution < -0.4 is 4.90 Å². The lowest BCUT2D eigenvalue weighted by molar-refractivity contribution is -0.128. The van der Waals surface area contributed by atoms with Gasteiger partial charge >= 0.3 is 0 Å². The zero-order valence-electron chi connectivity index (χ0n) is 16.8. The van der Waals surface area contributed by atoms with Crippen LogP contribution in [0.4, 0.5) is 5.82 Å². The lowest BCUT2D eigenvalue weighted by Crippen LogP contribution is -2.36. The number of aromatic amines is 1. The van der Waals surface area contributed by atoms with Gasteiger partial charge in [0, 0.05) is 49.1 Å². The van der Waals surface area contributed by atoms with Crippen LogP contribution in [0.1, 0.15) is 11.8 Å². The SMILES string of the molecule is CC(=O)N(C)Cc1cc2nc(-c3cncc4[nH]ncc34)nc(N3CCOCC3)c2s1. The van der Waals surface area contributed by atoms with Crippen LogP contribution in [0.3, 0.4) is 0 Å². The van der Waals surface area contributed by atoms with Crippen molar-refractivity contribution in [3.8, 4) is 11.4 Å². The molecule has 1 fully saturated rings. The van der Waals surface area contributed by atoms with Crippen LogP contribution in [-0.2, 0) is 16.1 Å². The molecule has 0 atom stereocenters. The normalized spacial score (nSPS) is 14.5. The Balaban J connectivity index is 1.66. The summed E-state index contributed by atoms with van der Waals surface area (Å²) >= 11 is 1.64. The van der Waals surface area contributed by atoms with Gasteiger partial charge in [-0.25, -0.2) is 9.97 Å². The fraction of sp³-hybridized carbons (Fsp3) is 0.350. The van der Waals surface area contributed by atoms with E-state index in [1.165, 1.54) is 0 Å². The zero-order valence-corrected chi connectivity index (χ0v) is 17.6. The molecule has 0 unspecified atom stereocenters. The predicted molar refractivity (Wildman–Crippen MR) is 115 cm³/mol. The van der Waals surface area contributed by atoms with Gasteiger partial charge in [-0.05, 0) is 6.07 Å². The van der Waals surface area contributed by atoms with Gasteiger partial charge in [-0.2, -0.15) is 5.10 Å². The number of hydrogen-bond acceptors (Lipinski definition) is 8. The molecule has 5 rings (SSSR count). The summed E-state index contributed by atoms with van der Waals surface area (Å²) in [5, 5.41) is 8.02. The Bertz CT molecular complexity index is 1230. The first-order valence-corrected chi connectivity index (χ1v) is 10.5. The van der Waals surface area contributed by atoms with Gasteiger partial charge in [-0.15, -0.1) is 11.3 Å². The van der Waals surface area contributed by atoms with Crippen LogP contribution in [-0.4, -0.2) is 69.3 Å². The molecule has 4 aromatic heterocycles. The number of hydrogen-bond donors (Lipinski definition) is 1. The molecule has 0 spiro atoms. The van der Waals surface area contributed by atoms with Gasteiger partial charge < -0.3 is 14.5 Å². The Morgan fingerprint density at radius 3 is 2.90 bits per heavy atom. The van der Waals surface area contributed by atoms with Crippen LogP contribution in [0.15, 0.2) is 24.7 Å². The summed E-state index contributed by atoms with van der Waals surface area (Å²) in [6.45, 7) is 5.02. The van der Waals surface area contributed by atoms with Crippen molar-refractivity contribution in [2.75, 3.05) is 38.3 Å². The van der Waals surface area contributed by atoms with E-state index in [1.54, 1.807) is 48.8 Å². The minimum Gasteiger partial charge on any atom is -0.378 e. The fourth-order valence-corrected chi connectivity index (χ4v) is 4.71. The third-order valence-electron chi connectivity index (χ3n) is 5.25. The van der Waals surface area contributed by atoms with Crippen LogP contribution in [0.2, 0.25) is 0 Å². The van der Waals surface area contributed by atoms with Crippen molar-refractivity contribution in [1.82, 2.24) is 30.0 Å². The van der Waals surface area contributed by atoms with E-state index >= 15 is 0 Å². The quantitative estimate of drug-likeness (QED) is 0.538. The number of carbonyl (C=O) groups excluding carboxylic acids is 1. The molecule has 4 aromatic rings. The van der Waals surface area contributed by atoms with E-state index in [0.29, 0.717) is 25.6 Å². The second kappa shape index (κ2) is 7.62. The summed E-state index contributed by atoms with van der Waals surface area (Å²) in [7, 11) is 1.80. The molecule has 0 aliphatic carbocycles. The highest BCUT2D eigenvalue weighted by molar-refractivity contribution is 7.19. The first-order chi connectivity index (χ1) is 14.6. The molecular formula is C20H21N7O2S. The molecule has 1 aliphatic rings. The molecule has 0 aromatic carbocycles. The Labute approximate surface area is 176 Å². The van der Waals surface area contributed by atoms with Crippen molar-refractivity contribution in [2.45, 2.75) is 13.5 Å². The molecular weight excluding hydrogens is 402 g/mol. The van der Waals surface area contributed by atoms with E-state index in [4.69, 9.17) is 14.7 Å². The Morgan fingerprint density at radius 2 is 2.10 bits per heavy atom. The van der Waals surface area contributed by atoms with Gasteiger partial charge in [-0.3, -0.25) is 14.9 Å². The fourth-order valence-electron chi connectivity index (χ4n) is 3.54. The molecule has 1 amide bonds. The van der Waals surface area contributed by atoms with Crippen molar-refractivity contribution in [3.63, 3.8) is 0 Å². The molecule has 0 saturated carbocycles. The number of H-pyrrole nitrogens is 1. The minimum absolute atomic E-state index is 0.0327. The van der Waals surface area contributed by atoms with E-state index in [2.05, 4.69) is 26.1 Å². The number of aromatic nitrogens is 5. The summed E-state index contributed by atoms with van der Waals surface area (Å²) in [6.07, 6.45) is 5.29. The Hall–Kier alpha value is -3.11. The molecule has 154 valence electrons. The number of amides is 1. The number of thiophene rings is 1. The number of carbonyl (C=O) groups is 1. The van der Waals surface area contributed by atoms with Gasteiger partial charge in [0.05, 0.1) is 47.9 Å². The van der Waals surface area contributed by atoms with Crippen LogP contribution >= 0.6 is 11.3 Å². The maximum absolute atomic E-state index is 11.7. The standard InChI is InChI=1S/C20H21N7O2S/c1-12(28)26(2)11-13-7-16-18(30-13)20(27-3-5-29-6-4-27)24-19(23-16)15-8-21-10-17-14(15)9-22-25-17/h7-10H,3-6,11H2,1-2H3,(H,22,25). The molecule has 30 heavy (non-hydrogen) atoms. The Morgan fingerprint density at radius 1 is 1.27 bits per heavy atom. The summed E-state index contributed by atoms with van der Waals surface area (Å²) < 4.78 is 6.56. The average molecular weight is 424 g/mol. The monoisotopic (exact) mass is 423 g/mol. The summed E-state index contributed by atoms with van der Waals surface area (Å²) in [5.41, 5.74) is 2.56. The van der Waals surface area contributed by atoms with E-state index < -0.39 is 0 Å². The second-order valence-electron chi connectivity index (χ2n) is 7.29. The van der Waals surface area contributed by atoms with Gasteiger partial charge in [0.25, 0.3) is 0 Å². The van der Waals surface area contributed by atoms with Gasteiger partial charge in [0.15, 0.2) is 11.6 Å². The molecule has 9 nitrogen and oxygen atoms in total. The largest absolute Gasteiger partial charge is 0.378 e. The first kappa shape index (κ1) is 18.9. The Kier molecular flexibility index (Phi) is 4.80. The van der Waals surface area contributed by atoms with Crippen molar-refractivity contribution in [3.05, 3.63) is 29.5 Å². The van der Waals surface area contributed by atoms with E-state index in [1.807, 2.05) is 0 Å². The first-order valence-electron chi connectivity index (χ1n) is 9.72. The number of ether oxygens (including phenoxy) is 1. The van der Waals surface area contributed by atoms with Crippen molar-refractivity contribution >= 4 is 44.2 Å². The highest BCUT2D eigenvalue weighted by Gasteiger charge is 2.21. The average Bonchev–Trinajstić information content (AvgIpc) is 3.39. The summed E-state index contributed by atoms with van der Waals surface area (Å²) in [5.74, 6) is 1.55. The second-order valence-corrected chi connectivity index (χ2v) is 8.43. The molecule has 1 saturated heterocycles. The summed E-state index contributed by atoms with van der Waals surface area (Å²) in [4.78, 5) is 30.8. The van der Waals surface area contributed by atoms with Crippen LogP contribution in [0, 0.1) is 0 Å². The number of fused-ring (bicyclic) bond motifs is 2. The number of morpholine rings is 1. The van der Waals surface area contributed by atoms with E-state index in [9.17, 15) is 4.79 Å². The van der Waals surface area contributed by atoms with E-state index in [0.717, 1.165) is 50.5 Å². The van der Waals surface area contributed by atoms with Gasteiger partial charge in [-0.1, -0.05) is 0 Å².